The maximum atomic E-state index is 10.6. The van der Waals surface area contributed by atoms with Gasteiger partial charge in [0.2, 0.25) is 5.88 Å². The van der Waals surface area contributed by atoms with Crippen LogP contribution in [0, 0.1) is 10.1 Å². The lowest BCUT2D eigenvalue weighted by molar-refractivity contribution is -0.384. The number of thiazole rings is 1. The molecule has 1 aromatic carbocycles. The molecule has 3 rings (SSSR count). The molecule has 0 spiro atoms. The van der Waals surface area contributed by atoms with Gasteiger partial charge in [-0.2, -0.15) is 4.98 Å². The zero-order valence-corrected chi connectivity index (χ0v) is 11.6. The first-order chi connectivity index (χ1) is 9.69. The Morgan fingerprint density at radius 3 is 2.80 bits per heavy atom. The van der Waals surface area contributed by atoms with E-state index in [9.17, 15) is 10.1 Å². The summed E-state index contributed by atoms with van der Waals surface area (Å²) < 4.78 is 7.51. The topological polar surface area (TPSA) is 69.7 Å². The van der Waals surface area contributed by atoms with E-state index < -0.39 is 4.92 Å². The van der Waals surface area contributed by atoms with E-state index in [0.717, 1.165) is 10.7 Å². The minimum atomic E-state index is -0.458. The fraction of sp³-hybridized carbons (Fsp3) is 0.0833. The number of halogens is 1. The summed E-state index contributed by atoms with van der Waals surface area (Å²) in [5, 5.41) is 12.5. The second-order valence-electron chi connectivity index (χ2n) is 3.91. The normalized spacial score (nSPS) is 10.8. The first-order valence-corrected chi connectivity index (χ1v) is 7.03. The maximum Gasteiger partial charge on any atom is 0.269 e. The Balaban J connectivity index is 1.92. The number of hydrogen-bond acceptors (Lipinski definition) is 5. The number of aromatic nitrogens is 2. The van der Waals surface area contributed by atoms with Crippen molar-refractivity contribution in [2.24, 2.45) is 0 Å². The summed E-state index contributed by atoms with van der Waals surface area (Å²) in [6, 6.07) is 5.83. The number of ether oxygens (including phenoxy) is 1. The van der Waals surface area contributed by atoms with Crippen LogP contribution >= 0.6 is 22.9 Å². The van der Waals surface area contributed by atoms with Crippen LogP contribution in [-0.2, 0) is 5.88 Å². The molecule has 20 heavy (non-hydrogen) atoms. The number of alkyl halides is 1. The van der Waals surface area contributed by atoms with E-state index >= 15 is 0 Å². The monoisotopic (exact) mass is 309 g/mol. The summed E-state index contributed by atoms with van der Waals surface area (Å²) in [6.45, 7) is 0. The second-order valence-corrected chi connectivity index (χ2v) is 5.05. The van der Waals surface area contributed by atoms with Gasteiger partial charge in [-0.3, -0.25) is 14.5 Å². The summed E-state index contributed by atoms with van der Waals surface area (Å²) in [4.78, 5) is 15.3. The molecule has 0 amide bonds. The van der Waals surface area contributed by atoms with E-state index in [4.69, 9.17) is 16.3 Å². The highest BCUT2D eigenvalue weighted by Gasteiger charge is 2.14. The van der Waals surface area contributed by atoms with Crippen LogP contribution in [0.25, 0.3) is 4.96 Å². The van der Waals surface area contributed by atoms with Crippen molar-refractivity contribution >= 4 is 33.6 Å². The highest BCUT2D eigenvalue weighted by molar-refractivity contribution is 7.15. The zero-order valence-electron chi connectivity index (χ0n) is 10.0. The maximum absolute atomic E-state index is 10.6. The van der Waals surface area contributed by atoms with Crippen molar-refractivity contribution in [1.82, 2.24) is 9.38 Å². The lowest BCUT2D eigenvalue weighted by Crippen LogP contribution is -1.92. The smallest absolute Gasteiger partial charge is 0.269 e. The average Bonchev–Trinajstić information content (AvgIpc) is 2.99. The van der Waals surface area contributed by atoms with Crippen LogP contribution in [0.4, 0.5) is 5.69 Å². The summed E-state index contributed by atoms with van der Waals surface area (Å²) in [5.41, 5.74) is 0.766. The van der Waals surface area contributed by atoms with Gasteiger partial charge in [-0.1, -0.05) is 0 Å². The molecule has 0 atom stereocenters. The van der Waals surface area contributed by atoms with Gasteiger partial charge in [0.1, 0.15) is 11.4 Å². The Kier molecular flexibility index (Phi) is 3.29. The van der Waals surface area contributed by atoms with E-state index in [1.807, 2.05) is 16.0 Å². The van der Waals surface area contributed by atoms with E-state index in [-0.39, 0.29) is 11.6 Å². The Morgan fingerprint density at radius 2 is 2.15 bits per heavy atom. The fourth-order valence-corrected chi connectivity index (χ4v) is 2.73. The highest BCUT2D eigenvalue weighted by atomic mass is 35.5. The Hall–Kier alpha value is -2.12. The molecule has 0 radical (unpaired) electrons. The number of rotatable bonds is 4. The molecule has 0 saturated heterocycles. The van der Waals surface area contributed by atoms with Crippen molar-refractivity contribution in [2.45, 2.75) is 5.88 Å². The minimum absolute atomic E-state index is 0.0146. The van der Waals surface area contributed by atoms with Gasteiger partial charge >= 0.3 is 0 Å². The quantitative estimate of drug-likeness (QED) is 0.417. The van der Waals surface area contributed by atoms with Crippen LogP contribution in [-0.4, -0.2) is 14.3 Å². The summed E-state index contributed by atoms with van der Waals surface area (Å²) >= 11 is 7.40. The summed E-state index contributed by atoms with van der Waals surface area (Å²) in [5.74, 6) is 1.16. The number of fused-ring (bicyclic) bond motifs is 1. The van der Waals surface area contributed by atoms with Crippen molar-refractivity contribution in [3.8, 4) is 11.6 Å². The highest BCUT2D eigenvalue weighted by Crippen LogP contribution is 2.29. The third kappa shape index (κ3) is 2.21. The molecule has 6 nitrogen and oxygen atoms in total. The van der Waals surface area contributed by atoms with Gasteiger partial charge in [0.05, 0.1) is 10.8 Å². The molecule has 0 aliphatic carbocycles. The number of imidazole rings is 1. The first kappa shape index (κ1) is 12.9. The summed E-state index contributed by atoms with van der Waals surface area (Å²) in [7, 11) is 0. The molecule has 0 aliphatic heterocycles. The summed E-state index contributed by atoms with van der Waals surface area (Å²) in [6.07, 6.45) is 1.87. The van der Waals surface area contributed by atoms with Crippen molar-refractivity contribution in [3.05, 3.63) is 51.7 Å². The average molecular weight is 310 g/mol. The largest absolute Gasteiger partial charge is 0.437 e. The van der Waals surface area contributed by atoms with Crippen molar-refractivity contribution < 1.29 is 9.66 Å². The van der Waals surface area contributed by atoms with Crippen LogP contribution in [0.2, 0.25) is 0 Å². The van der Waals surface area contributed by atoms with Crippen molar-refractivity contribution in [2.75, 3.05) is 0 Å². The van der Waals surface area contributed by atoms with E-state index in [0.29, 0.717) is 11.6 Å². The predicted molar refractivity (Wildman–Crippen MR) is 75.8 cm³/mol. The van der Waals surface area contributed by atoms with Gasteiger partial charge in [-0.15, -0.1) is 22.9 Å². The Labute approximate surface area is 122 Å². The van der Waals surface area contributed by atoms with Gasteiger partial charge in [-0.05, 0) is 12.1 Å². The second kappa shape index (κ2) is 5.10. The van der Waals surface area contributed by atoms with Crippen molar-refractivity contribution in [1.29, 1.82) is 0 Å². The molecule has 0 aliphatic rings. The molecular weight excluding hydrogens is 302 g/mol. The number of nitro groups is 1. The molecule has 2 aromatic heterocycles. The third-order valence-corrected chi connectivity index (χ3v) is 3.72. The number of nitrogens with zero attached hydrogens (tertiary/aromatic N) is 3. The lowest BCUT2D eigenvalue weighted by atomic mass is 10.3. The Morgan fingerprint density at radius 1 is 1.40 bits per heavy atom. The number of hydrogen-bond donors (Lipinski definition) is 0. The van der Waals surface area contributed by atoms with Gasteiger partial charge in [0.15, 0.2) is 4.96 Å². The molecular formula is C12H8ClN3O3S. The van der Waals surface area contributed by atoms with Crippen LogP contribution in [0.1, 0.15) is 5.69 Å². The fourth-order valence-electron chi connectivity index (χ4n) is 1.76. The number of benzene rings is 1. The SMILES string of the molecule is O=[N+]([O-])c1ccc(Oc2nc3sccn3c2CCl)cc1. The molecule has 2 heterocycles. The molecule has 0 unspecified atom stereocenters. The minimum Gasteiger partial charge on any atom is -0.437 e. The van der Waals surface area contributed by atoms with E-state index in [1.165, 1.54) is 35.6 Å². The van der Waals surface area contributed by atoms with E-state index in [1.54, 1.807) is 0 Å². The van der Waals surface area contributed by atoms with Gasteiger partial charge in [-0.25, -0.2) is 0 Å². The van der Waals surface area contributed by atoms with Crippen LogP contribution in [0.15, 0.2) is 35.8 Å². The Bertz CT molecular complexity index is 766. The molecule has 0 fully saturated rings. The lowest BCUT2D eigenvalue weighted by Gasteiger charge is -2.03. The van der Waals surface area contributed by atoms with Gasteiger partial charge < -0.3 is 4.74 Å². The van der Waals surface area contributed by atoms with Crippen molar-refractivity contribution in [3.63, 3.8) is 0 Å². The third-order valence-electron chi connectivity index (χ3n) is 2.71. The number of nitro benzene ring substituents is 1. The molecule has 0 N–H and O–H groups in total. The molecule has 0 bridgehead atoms. The molecule has 8 heteroatoms. The standard InChI is InChI=1S/C12H8ClN3O3S/c13-7-10-11(14-12-15(10)5-6-20-12)19-9-3-1-8(2-4-9)16(17)18/h1-6H,7H2. The zero-order chi connectivity index (χ0) is 14.1. The first-order valence-electron chi connectivity index (χ1n) is 5.61. The van der Waals surface area contributed by atoms with Gasteiger partial charge in [0.25, 0.3) is 5.69 Å². The number of non-ortho nitro benzene ring substituents is 1. The van der Waals surface area contributed by atoms with Crippen LogP contribution < -0.4 is 4.74 Å². The van der Waals surface area contributed by atoms with Gasteiger partial charge in [0, 0.05) is 23.7 Å². The van der Waals surface area contributed by atoms with Crippen LogP contribution in [0.3, 0.4) is 0 Å². The molecule has 0 saturated carbocycles. The predicted octanol–water partition coefficient (Wildman–Crippen LogP) is 3.84. The molecule has 3 aromatic rings. The van der Waals surface area contributed by atoms with E-state index in [2.05, 4.69) is 4.98 Å². The van der Waals surface area contributed by atoms with Crippen LogP contribution in [0.5, 0.6) is 11.6 Å². The molecule has 102 valence electrons.